The van der Waals surface area contributed by atoms with Crippen LogP contribution in [-0.2, 0) is 4.79 Å². The third-order valence-corrected chi connectivity index (χ3v) is 4.40. The lowest BCUT2D eigenvalue weighted by Crippen LogP contribution is -2.16. The summed E-state index contributed by atoms with van der Waals surface area (Å²) in [6.07, 6.45) is 4.92. The zero-order chi connectivity index (χ0) is 22.6. The molecular weight excluding hydrogens is 400 g/mol. The van der Waals surface area contributed by atoms with Gasteiger partial charge in [-0.15, -0.1) is 0 Å². The average Bonchev–Trinajstić information content (AvgIpc) is 2.79. The molecule has 166 valence electrons. The number of rotatable bonds is 11. The summed E-state index contributed by atoms with van der Waals surface area (Å²) in [6.45, 7) is 2.09. The fourth-order valence-corrected chi connectivity index (χ4v) is 2.76. The Kier molecular flexibility index (Phi) is 9.35. The molecule has 0 aliphatic heterocycles. The van der Waals surface area contributed by atoms with Crippen LogP contribution >= 0.6 is 0 Å². The Morgan fingerprint density at radius 2 is 1.61 bits per heavy atom. The Morgan fingerprint density at radius 1 is 0.968 bits per heavy atom. The molecule has 2 rings (SSSR count). The average molecular weight is 428 g/mol. The molecule has 0 saturated carbocycles. The van der Waals surface area contributed by atoms with Gasteiger partial charge in [-0.25, -0.2) is 10.2 Å². The van der Waals surface area contributed by atoms with Gasteiger partial charge in [0.2, 0.25) is 11.7 Å². The minimum absolute atomic E-state index is 0.111. The van der Waals surface area contributed by atoms with E-state index in [0.717, 1.165) is 24.8 Å². The Balaban J connectivity index is 1.99. The molecule has 0 unspecified atom stereocenters. The first kappa shape index (κ1) is 23.7. The number of unbranched alkanes of at least 4 members (excludes halogenated alkanes) is 2. The summed E-state index contributed by atoms with van der Waals surface area (Å²) in [5.41, 5.74) is 3.51. The van der Waals surface area contributed by atoms with E-state index in [1.807, 2.05) is 0 Å². The number of hydrazone groups is 1. The summed E-state index contributed by atoms with van der Waals surface area (Å²) in [6, 6.07) is 9.78. The number of carbonyl (C=O) groups excluding carboxylic acids is 2. The summed E-state index contributed by atoms with van der Waals surface area (Å²) in [7, 11) is 4.43. The molecule has 8 nitrogen and oxygen atoms in total. The number of carbonyl (C=O) groups is 2. The molecule has 0 aliphatic carbocycles. The Bertz CT molecular complexity index is 884. The third-order valence-electron chi connectivity index (χ3n) is 4.40. The molecule has 0 atom stereocenters. The molecule has 0 fully saturated rings. The molecular formula is C23H28N2O6. The van der Waals surface area contributed by atoms with Gasteiger partial charge < -0.3 is 18.9 Å². The van der Waals surface area contributed by atoms with E-state index >= 15 is 0 Å². The number of hydrogen-bond acceptors (Lipinski definition) is 7. The van der Waals surface area contributed by atoms with Crippen molar-refractivity contribution in [3.8, 4) is 23.0 Å². The molecule has 0 radical (unpaired) electrons. The van der Waals surface area contributed by atoms with Crippen molar-refractivity contribution in [3.63, 3.8) is 0 Å². The van der Waals surface area contributed by atoms with Gasteiger partial charge in [0, 0.05) is 6.42 Å². The van der Waals surface area contributed by atoms with Crippen LogP contribution in [0.25, 0.3) is 0 Å². The second-order valence-electron chi connectivity index (χ2n) is 6.62. The minimum atomic E-state index is -0.569. The summed E-state index contributed by atoms with van der Waals surface area (Å²) >= 11 is 0. The van der Waals surface area contributed by atoms with Gasteiger partial charge in [0.15, 0.2) is 11.5 Å². The van der Waals surface area contributed by atoms with Gasteiger partial charge in [0.05, 0.1) is 33.1 Å². The Labute approximate surface area is 182 Å². The normalized spacial score (nSPS) is 10.6. The molecule has 31 heavy (non-hydrogen) atoms. The van der Waals surface area contributed by atoms with Crippen LogP contribution in [0.4, 0.5) is 0 Å². The van der Waals surface area contributed by atoms with Crippen molar-refractivity contribution in [3.05, 3.63) is 47.5 Å². The van der Waals surface area contributed by atoms with Crippen LogP contribution in [0.3, 0.4) is 0 Å². The van der Waals surface area contributed by atoms with Crippen molar-refractivity contribution in [2.24, 2.45) is 5.10 Å². The Morgan fingerprint density at radius 3 is 2.16 bits per heavy atom. The quantitative estimate of drug-likeness (QED) is 0.191. The number of esters is 1. The molecule has 0 aromatic heterocycles. The van der Waals surface area contributed by atoms with E-state index in [1.165, 1.54) is 39.7 Å². The minimum Gasteiger partial charge on any atom is -0.493 e. The molecule has 2 aromatic rings. The first-order valence-electron chi connectivity index (χ1n) is 9.96. The molecule has 0 aliphatic rings. The third kappa shape index (κ3) is 7.02. The SMILES string of the molecule is CCCCCC(=O)NN=Cc1ccc(OC(=O)c2cc(OC)c(OC)c(OC)c2)cc1. The molecule has 2 aromatic carbocycles. The van der Waals surface area contributed by atoms with Gasteiger partial charge in [-0.05, 0) is 48.4 Å². The molecule has 0 spiro atoms. The highest BCUT2D eigenvalue weighted by molar-refractivity contribution is 5.93. The maximum absolute atomic E-state index is 12.5. The summed E-state index contributed by atoms with van der Waals surface area (Å²) < 4.78 is 21.2. The van der Waals surface area contributed by atoms with Gasteiger partial charge >= 0.3 is 5.97 Å². The topological polar surface area (TPSA) is 95.5 Å². The van der Waals surface area contributed by atoms with Crippen molar-refractivity contribution in [2.75, 3.05) is 21.3 Å². The number of benzene rings is 2. The van der Waals surface area contributed by atoms with E-state index in [1.54, 1.807) is 24.3 Å². The van der Waals surface area contributed by atoms with Crippen molar-refractivity contribution >= 4 is 18.1 Å². The first-order valence-corrected chi connectivity index (χ1v) is 9.96. The smallest absolute Gasteiger partial charge is 0.343 e. The fraction of sp³-hybridized carbons (Fsp3) is 0.348. The van der Waals surface area contributed by atoms with Gasteiger partial charge in [0.25, 0.3) is 0 Å². The van der Waals surface area contributed by atoms with Crippen LogP contribution in [0.1, 0.15) is 48.5 Å². The zero-order valence-corrected chi connectivity index (χ0v) is 18.3. The maximum atomic E-state index is 12.5. The molecule has 1 amide bonds. The highest BCUT2D eigenvalue weighted by atomic mass is 16.5. The number of nitrogens with one attached hydrogen (secondary N) is 1. The summed E-state index contributed by atoms with van der Waals surface area (Å²) in [4.78, 5) is 24.2. The van der Waals surface area contributed by atoms with Crippen LogP contribution in [0.2, 0.25) is 0 Å². The van der Waals surface area contributed by atoms with Crippen LogP contribution < -0.4 is 24.4 Å². The summed E-state index contributed by atoms with van der Waals surface area (Å²) in [5, 5.41) is 3.94. The van der Waals surface area contributed by atoms with Crippen LogP contribution in [0.15, 0.2) is 41.5 Å². The van der Waals surface area contributed by atoms with Gasteiger partial charge in [-0.3, -0.25) is 4.79 Å². The molecule has 0 bridgehead atoms. The summed E-state index contributed by atoms with van der Waals surface area (Å²) in [5.74, 6) is 0.789. The van der Waals surface area contributed by atoms with Gasteiger partial charge in [-0.2, -0.15) is 5.10 Å². The lowest BCUT2D eigenvalue weighted by atomic mass is 10.2. The molecule has 1 N–H and O–H groups in total. The highest BCUT2D eigenvalue weighted by Crippen LogP contribution is 2.38. The molecule has 0 saturated heterocycles. The zero-order valence-electron chi connectivity index (χ0n) is 18.3. The van der Waals surface area contributed by atoms with Crippen LogP contribution in [-0.4, -0.2) is 39.4 Å². The number of amides is 1. The predicted octanol–water partition coefficient (Wildman–Crippen LogP) is 3.96. The number of methoxy groups -OCH3 is 3. The second-order valence-corrected chi connectivity index (χ2v) is 6.62. The number of nitrogens with zero attached hydrogens (tertiary/aromatic N) is 1. The van der Waals surface area contributed by atoms with E-state index < -0.39 is 5.97 Å². The molecule has 8 heteroatoms. The van der Waals surface area contributed by atoms with Gasteiger partial charge in [0.1, 0.15) is 5.75 Å². The van der Waals surface area contributed by atoms with Crippen molar-refractivity contribution in [1.82, 2.24) is 5.43 Å². The van der Waals surface area contributed by atoms with E-state index in [-0.39, 0.29) is 11.5 Å². The highest BCUT2D eigenvalue weighted by Gasteiger charge is 2.18. The maximum Gasteiger partial charge on any atom is 0.343 e. The number of ether oxygens (including phenoxy) is 4. The Hall–Kier alpha value is -3.55. The van der Waals surface area contributed by atoms with Crippen LogP contribution in [0, 0.1) is 0 Å². The van der Waals surface area contributed by atoms with Crippen molar-refractivity contribution in [1.29, 1.82) is 0 Å². The van der Waals surface area contributed by atoms with Crippen molar-refractivity contribution < 1.29 is 28.5 Å². The van der Waals surface area contributed by atoms with Gasteiger partial charge in [-0.1, -0.05) is 19.8 Å². The standard InChI is InChI=1S/C23H28N2O6/c1-5-6-7-8-21(26)25-24-15-16-9-11-18(12-10-16)31-23(27)17-13-19(28-2)22(30-4)20(14-17)29-3/h9-15H,5-8H2,1-4H3,(H,25,26). The fourth-order valence-electron chi connectivity index (χ4n) is 2.76. The molecule has 0 heterocycles. The monoisotopic (exact) mass is 428 g/mol. The lowest BCUT2D eigenvalue weighted by Gasteiger charge is -2.13. The first-order chi connectivity index (χ1) is 15.0. The second kappa shape index (κ2) is 12.2. The van der Waals surface area contributed by atoms with Crippen LogP contribution in [0.5, 0.6) is 23.0 Å². The number of hydrogen-bond donors (Lipinski definition) is 1. The van der Waals surface area contributed by atoms with E-state index in [2.05, 4.69) is 17.5 Å². The predicted molar refractivity (Wildman–Crippen MR) is 117 cm³/mol. The lowest BCUT2D eigenvalue weighted by molar-refractivity contribution is -0.121. The van der Waals surface area contributed by atoms with E-state index in [9.17, 15) is 9.59 Å². The van der Waals surface area contributed by atoms with E-state index in [0.29, 0.717) is 29.4 Å². The van der Waals surface area contributed by atoms with Crippen molar-refractivity contribution in [2.45, 2.75) is 32.6 Å². The van der Waals surface area contributed by atoms with E-state index in [4.69, 9.17) is 18.9 Å². The largest absolute Gasteiger partial charge is 0.493 e.